The number of hydrogen-bond donors (Lipinski definition) is 0. The van der Waals surface area contributed by atoms with Crippen molar-refractivity contribution in [2.75, 3.05) is 0 Å². The molecule has 0 saturated heterocycles. The van der Waals surface area contributed by atoms with Gasteiger partial charge in [0.2, 0.25) is 0 Å². The number of para-hydroxylation sites is 1. The molecule has 0 N–H and O–H groups in total. The van der Waals surface area contributed by atoms with Crippen LogP contribution < -0.4 is 4.80 Å². The van der Waals surface area contributed by atoms with Gasteiger partial charge in [0.25, 0.3) is 5.91 Å². The zero-order valence-corrected chi connectivity index (χ0v) is 14.7. The van der Waals surface area contributed by atoms with Gasteiger partial charge in [0, 0.05) is 17.0 Å². The van der Waals surface area contributed by atoms with Crippen LogP contribution in [-0.2, 0) is 11.3 Å². The Hall–Kier alpha value is -3.09. The number of aromatic nitrogens is 1. The van der Waals surface area contributed by atoms with Crippen molar-refractivity contribution in [2.45, 2.75) is 6.54 Å². The van der Waals surface area contributed by atoms with Crippen LogP contribution in [0.2, 0.25) is 0 Å². The van der Waals surface area contributed by atoms with Gasteiger partial charge in [-0.05, 0) is 24.3 Å². The molecule has 0 atom stereocenters. The van der Waals surface area contributed by atoms with E-state index >= 15 is 0 Å². The van der Waals surface area contributed by atoms with Crippen molar-refractivity contribution >= 4 is 49.9 Å². The average Bonchev–Trinajstić information content (AvgIpc) is 3.20. The fourth-order valence-corrected chi connectivity index (χ4v) is 4.00. The van der Waals surface area contributed by atoms with E-state index in [1.165, 1.54) is 28.9 Å². The molecule has 0 aliphatic carbocycles. The van der Waals surface area contributed by atoms with Crippen LogP contribution in [0.4, 0.5) is 9.39 Å². The van der Waals surface area contributed by atoms with Gasteiger partial charge in [-0.15, -0.1) is 6.42 Å². The van der Waals surface area contributed by atoms with E-state index in [0.29, 0.717) is 15.1 Å². The maximum absolute atomic E-state index is 14.1. The van der Waals surface area contributed by atoms with Crippen molar-refractivity contribution in [2.24, 2.45) is 4.99 Å². The molecule has 0 aliphatic rings. The molecule has 0 fully saturated rings. The lowest BCUT2D eigenvalue weighted by atomic mass is 10.3. The molecule has 2 heterocycles. The largest absolute Gasteiger partial charge is 0.324 e. The van der Waals surface area contributed by atoms with Gasteiger partial charge < -0.3 is 4.57 Å². The van der Waals surface area contributed by atoms with E-state index < -0.39 is 16.6 Å². The van der Waals surface area contributed by atoms with Crippen molar-refractivity contribution in [3.8, 4) is 12.3 Å². The third kappa shape index (κ3) is 3.61. The Morgan fingerprint density at radius 3 is 2.88 bits per heavy atom. The van der Waals surface area contributed by atoms with Crippen LogP contribution >= 0.6 is 22.7 Å². The summed E-state index contributed by atoms with van der Waals surface area (Å²) in [7, 11) is 0. The summed E-state index contributed by atoms with van der Waals surface area (Å²) >= 11 is 2.10. The van der Waals surface area contributed by atoms with Gasteiger partial charge in [-0.1, -0.05) is 34.7 Å². The average molecular weight is 387 g/mol. The Kier molecular flexibility index (Phi) is 5.06. The van der Waals surface area contributed by atoms with E-state index in [-0.39, 0.29) is 16.3 Å². The van der Waals surface area contributed by atoms with Crippen LogP contribution in [0.1, 0.15) is 4.88 Å². The van der Waals surface area contributed by atoms with Crippen molar-refractivity contribution in [3.63, 3.8) is 0 Å². The second-order valence-electron chi connectivity index (χ2n) is 4.98. The third-order valence-corrected chi connectivity index (χ3v) is 5.34. The monoisotopic (exact) mass is 387 g/mol. The van der Waals surface area contributed by atoms with E-state index in [9.17, 15) is 19.3 Å². The number of thiophene rings is 1. The van der Waals surface area contributed by atoms with E-state index in [2.05, 4.69) is 10.9 Å². The van der Waals surface area contributed by atoms with E-state index in [0.717, 1.165) is 22.7 Å². The normalized spacial score (nSPS) is 11.9. The molecule has 6 nitrogen and oxygen atoms in total. The minimum atomic E-state index is -0.571. The van der Waals surface area contributed by atoms with Crippen LogP contribution in [0.5, 0.6) is 0 Å². The number of nitrogens with zero attached hydrogens (tertiary/aromatic N) is 3. The maximum Gasteiger partial charge on any atom is 0.324 e. The second-order valence-corrected chi connectivity index (χ2v) is 7.08. The van der Waals surface area contributed by atoms with Gasteiger partial charge in [-0.25, -0.2) is 4.39 Å². The van der Waals surface area contributed by atoms with Gasteiger partial charge in [0.15, 0.2) is 4.80 Å². The number of fused-ring (bicyclic) bond motifs is 1. The molecule has 130 valence electrons. The lowest BCUT2D eigenvalue weighted by molar-refractivity contribution is -0.380. The summed E-state index contributed by atoms with van der Waals surface area (Å²) in [5, 5.41) is 10.7. The van der Waals surface area contributed by atoms with Gasteiger partial charge >= 0.3 is 5.00 Å². The highest BCUT2D eigenvalue weighted by molar-refractivity contribution is 7.16. The zero-order chi connectivity index (χ0) is 18.7. The van der Waals surface area contributed by atoms with Crippen LogP contribution in [0.15, 0.2) is 41.4 Å². The number of carbonyl (C=O) groups is 1. The van der Waals surface area contributed by atoms with Gasteiger partial charge in [0.1, 0.15) is 5.82 Å². The van der Waals surface area contributed by atoms with Gasteiger partial charge in [-0.2, -0.15) is 4.99 Å². The summed E-state index contributed by atoms with van der Waals surface area (Å²) in [5.41, 5.74) is 0.305. The van der Waals surface area contributed by atoms with Crippen LogP contribution in [-0.4, -0.2) is 15.4 Å². The Morgan fingerprint density at radius 2 is 2.19 bits per heavy atom. The quantitative estimate of drug-likeness (QED) is 0.297. The first kappa shape index (κ1) is 17.7. The van der Waals surface area contributed by atoms with Crippen molar-refractivity contribution < 1.29 is 14.1 Å². The number of benzene rings is 1. The first-order valence-corrected chi connectivity index (χ1v) is 8.85. The van der Waals surface area contributed by atoms with E-state index in [1.54, 1.807) is 18.2 Å². The number of amides is 1. The number of hydrogen-bond acceptors (Lipinski definition) is 5. The fourth-order valence-electron chi connectivity index (χ4n) is 2.22. The molecule has 9 heteroatoms. The molecule has 0 bridgehead atoms. The molecule has 1 amide bonds. The molecule has 3 aromatic rings. The van der Waals surface area contributed by atoms with E-state index in [1.807, 2.05) is 0 Å². The summed E-state index contributed by atoms with van der Waals surface area (Å²) in [6.45, 7) is 0.0773. The molecule has 1 aromatic carbocycles. The molecular formula is C17H10FN3O3S2. The number of terminal acetylenes is 1. The number of halogens is 1. The SMILES string of the molecule is C#CCn1c(=NC(=O)/C=C/c2ccc([N+](=O)[O-])s2)sc2cccc(F)c21. The molecular weight excluding hydrogens is 377 g/mol. The molecule has 0 spiro atoms. The van der Waals surface area contributed by atoms with Crippen molar-refractivity contribution in [3.05, 3.63) is 62.0 Å². The molecule has 0 radical (unpaired) electrons. The maximum atomic E-state index is 14.1. The summed E-state index contributed by atoms with van der Waals surface area (Å²) in [4.78, 5) is 27.1. The predicted octanol–water partition coefficient (Wildman–Crippen LogP) is 3.59. The smallest absolute Gasteiger partial charge is 0.302 e. The Morgan fingerprint density at radius 1 is 1.38 bits per heavy atom. The number of carbonyl (C=O) groups excluding carboxylic acids is 1. The Labute approximate surface area is 154 Å². The number of rotatable bonds is 4. The van der Waals surface area contributed by atoms with Crippen molar-refractivity contribution in [1.29, 1.82) is 0 Å². The topological polar surface area (TPSA) is 77.5 Å². The first-order chi connectivity index (χ1) is 12.5. The third-order valence-electron chi connectivity index (χ3n) is 3.29. The lowest BCUT2D eigenvalue weighted by Crippen LogP contribution is -2.16. The highest BCUT2D eigenvalue weighted by atomic mass is 32.1. The highest BCUT2D eigenvalue weighted by Crippen LogP contribution is 2.25. The molecule has 0 saturated carbocycles. The zero-order valence-electron chi connectivity index (χ0n) is 13.1. The Balaban J connectivity index is 1.96. The summed E-state index contributed by atoms with van der Waals surface area (Å²) < 4.78 is 16.2. The van der Waals surface area contributed by atoms with Crippen molar-refractivity contribution in [1.82, 2.24) is 4.57 Å². The van der Waals surface area contributed by atoms with Crippen LogP contribution in [0.3, 0.4) is 0 Å². The minimum Gasteiger partial charge on any atom is -0.302 e. The van der Waals surface area contributed by atoms with E-state index in [4.69, 9.17) is 6.42 Å². The number of nitro groups is 1. The predicted molar refractivity (Wildman–Crippen MR) is 99.2 cm³/mol. The highest BCUT2D eigenvalue weighted by Gasteiger charge is 2.11. The Bertz CT molecular complexity index is 1150. The summed E-state index contributed by atoms with van der Waals surface area (Å²) in [6.07, 6.45) is 7.99. The fraction of sp³-hybridized carbons (Fsp3) is 0.0588. The molecule has 2 aromatic heterocycles. The minimum absolute atomic E-state index is 0.0131. The second kappa shape index (κ2) is 7.43. The molecule has 0 unspecified atom stereocenters. The number of thiazole rings is 1. The first-order valence-electron chi connectivity index (χ1n) is 7.22. The summed E-state index contributed by atoms with van der Waals surface area (Å²) in [5.74, 6) is 1.41. The van der Waals surface area contributed by atoms with Crippen LogP contribution in [0, 0.1) is 28.3 Å². The summed E-state index contributed by atoms with van der Waals surface area (Å²) in [6, 6.07) is 7.52. The molecule has 3 rings (SSSR count). The van der Waals surface area contributed by atoms with Gasteiger partial charge in [0.05, 0.1) is 21.7 Å². The van der Waals surface area contributed by atoms with Crippen LogP contribution in [0.25, 0.3) is 16.3 Å². The standard InChI is InChI=1S/C17H10FN3O3S2/c1-2-10-20-16-12(18)4-3-5-13(16)26-17(20)19-14(22)8-6-11-7-9-15(25-11)21(23)24/h1,3-9H,10H2/b8-6+,19-17?. The molecule has 0 aliphatic heterocycles. The lowest BCUT2D eigenvalue weighted by Gasteiger charge is -2.00. The molecule has 26 heavy (non-hydrogen) atoms. The van der Waals surface area contributed by atoms with Gasteiger partial charge in [-0.3, -0.25) is 14.9 Å².